The lowest BCUT2D eigenvalue weighted by molar-refractivity contribution is 0.0892. The maximum Gasteiger partial charge on any atom is 0.128 e. The molecule has 41 heavy (non-hydrogen) atoms. The van der Waals surface area contributed by atoms with Gasteiger partial charge in [-0.2, -0.15) is 0 Å². The van der Waals surface area contributed by atoms with Crippen molar-refractivity contribution in [3.8, 4) is 0 Å². The van der Waals surface area contributed by atoms with Crippen molar-refractivity contribution < 1.29 is 10.2 Å². The first-order valence-corrected chi connectivity index (χ1v) is 14.1. The molecule has 0 spiro atoms. The molecule has 0 saturated carbocycles. The first kappa shape index (κ1) is 30.1. The number of nitrogens with zero attached hydrogens (tertiary/aromatic N) is 5. The Morgan fingerprint density at radius 1 is 0.683 bits per heavy atom. The number of nitrogens with one attached hydrogen (secondary N) is 1. The highest BCUT2D eigenvalue weighted by Crippen LogP contribution is 2.17. The van der Waals surface area contributed by atoms with E-state index in [0.717, 1.165) is 55.5 Å². The second kappa shape index (κ2) is 15.8. The van der Waals surface area contributed by atoms with E-state index in [4.69, 9.17) is 0 Å². The van der Waals surface area contributed by atoms with Crippen LogP contribution in [0.1, 0.15) is 22.8 Å². The van der Waals surface area contributed by atoms with Crippen LogP contribution in [0.2, 0.25) is 0 Å². The average Bonchev–Trinajstić information content (AvgIpc) is 3.04. The average molecular weight is 555 g/mol. The molecule has 3 N–H and O–H groups in total. The van der Waals surface area contributed by atoms with Gasteiger partial charge in [0.25, 0.3) is 0 Å². The highest BCUT2D eigenvalue weighted by atomic mass is 16.3. The van der Waals surface area contributed by atoms with Crippen molar-refractivity contribution in [2.75, 3.05) is 56.7 Å². The fraction of sp³-hybridized carbons (Fsp3) is 0.333. The molecule has 0 bridgehead atoms. The molecule has 2 aromatic carbocycles. The lowest BCUT2D eigenvalue weighted by Gasteiger charge is -2.28. The van der Waals surface area contributed by atoms with Gasteiger partial charge in [-0.05, 0) is 41.0 Å². The minimum atomic E-state index is -0.775. The van der Waals surface area contributed by atoms with Crippen LogP contribution in [0.4, 0.5) is 11.6 Å². The van der Waals surface area contributed by atoms with Crippen molar-refractivity contribution >= 4 is 11.6 Å². The summed E-state index contributed by atoms with van der Waals surface area (Å²) in [4.78, 5) is 15.8. The Hall–Kier alpha value is -3.82. The Balaban J connectivity index is 1.35. The first-order valence-electron chi connectivity index (χ1n) is 14.1. The Kier molecular flexibility index (Phi) is 11.6. The summed E-state index contributed by atoms with van der Waals surface area (Å²) >= 11 is 0. The molecule has 4 rings (SSSR count). The van der Waals surface area contributed by atoms with E-state index in [2.05, 4.69) is 68.3 Å². The number of rotatable bonds is 16. The summed E-state index contributed by atoms with van der Waals surface area (Å²) in [6, 6.07) is 29.5. The van der Waals surface area contributed by atoms with Gasteiger partial charge in [-0.15, -0.1) is 0 Å². The minimum absolute atomic E-state index is 0.150. The number of hydrogen-bond donors (Lipinski definition) is 3. The van der Waals surface area contributed by atoms with Crippen molar-refractivity contribution in [3.63, 3.8) is 0 Å². The molecule has 0 amide bonds. The van der Waals surface area contributed by atoms with E-state index in [1.165, 1.54) is 5.56 Å². The summed E-state index contributed by atoms with van der Waals surface area (Å²) in [5.41, 5.74) is 3.12. The minimum Gasteiger partial charge on any atom is -0.395 e. The number of aliphatic hydroxyl groups excluding tert-OH is 2. The second-order valence-electron chi connectivity index (χ2n) is 10.3. The van der Waals surface area contributed by atoms with Gasteiger partial charge in [0, 0.05) is 65.8 Å². The van der Waals surface area contributed by atoms with E-state index >= 15 is 0 Å². The zero-order valence-corrected chi connectivity index (χ0v) is 24.0. The summed E-state index contributed by atoms with van der Waals surface area (Å²) in [7, 11) is 4.16. The maximum absolute atomic E-state index is 10.7. The van der Waals surface area contributed by atoms with E-state index in [-0.39, 0.29) is 6.61 Å². The third-order valence-corrected chi connectivity index (χ3v) is 7.30. The van der Waals surface area contributed by atoms with Crippen molar-refractivity contribution in [1.82, 2.24) is 20.2 Å². The molecule has 0 aliphatic carbocycles. The molecule has 2 heterocycles. The number of hydrogen-bond acceptors (Lipinski definition) is 8. The number of aliphatic hydroxyl groups is 2. The van der Waals surface area contributed by atoms with Crippen LogP contribution in [0.15, 0.2) is 103 Å². The van der Waals surface area contributed by atoms with Crippen LogP contribution in [0, 0.1) is 0 Å². The molecule has 4 aromatic rings. The molecule has 0 aliphatic rings. The Morgan fingerprint density at radius 3 is 1.73 bits per heavy atom. The molecule has 0 fully saturated rings. The van der Waals surface area contributed by atoms with Gasteiger partial charge < -0.3 is 25.3 Å². The molecule has 2 atom stereocenters. The van der Waals surface area contributed by atoms with E-state index in [1.54, 1.807) is 0 Å². The van der Waals surface area contributed by atoms with Crippen LogP contribution in [-0.2, 0) is 13.1 Å². The SMILES string of the molecule is CN(CCN(CCN(C)c1ccccn1)Cc1ccc(CN[C@H](CO)[C@@H](O)c2ccccc2)cc1)c1ccccn1. The van der Waals surface area contributed by atoms with Gasteiger partial charge >= 0.3 is 0 Å². The monoisotopic (exact) mass is 554 g/mol. The summed E-state index contributed by atoms with van der Waals surface area (Å²) in [5.74, 6) is 1.93. The van der Waals surface area contributed by atoms with Gasteiger partial charge in [0.1, 0.15) is 11.6 Å². The van der Waals surface area contributed by atoms with E-state index in [1.807, 2.05) is 79.1 Å². The van der Waals surface area contributed by atoms with Crippen LogP contribution in [0.5, 0.6) is 0 Å². The van der Waals surface area contributed by atoms with Gasteiger partial charge in [0.15, 0.2) is 0 Å². The molecular weight excluding hydrogens is 512 g/mol. The molecule has 0 aliphatic heterocycles. The van der Waals surface area contributed by atoms with Crippen molar-refractivity contribution in [2.45, 2.75) is 25.2 Å². The van der Waals surface area contributed by atoms with Crippen LogP contribution >= 0.6 is 0 Å². The Labute approximate surface area is 243 Å². The second-order valence-corrected chi connectivity index (χ2v) is 10.3. The van der Waals surface area contributed by atoms with Gasteiger partial charge in [-0.1, -0.05) is 66.7 Å². The van der Waals surface area contributed by atoms with Crippen LogP contribution in [-0.4, -0.2) is 78.0 Å². The van der Waals surface area contributed by atoms with Gasteiger partial charge in [-0.25, -0.2) is 9.97 Å². The zero-order valence-electron chi connectivity index (χ0n) is 24.0. The molecule has 0 unspecified atom stereocenters. The van der Waals surface area contributed by atoms with Gasteiger partial charge in [0.05, 0.1) is 18.8 Å². The lowest BCUT2D eigenvalue weighted by Crippen LogP contribution is -2.38. The fourth-order valence-electron chi connectivity index (χ4n) is 4.67. The number of likely N-dealkylation sites (N-methyl/N-ethyl adjacent to an activating group) is 2. The van der Waals surface area contributed by atoms with Crippen LogP contribution in [0.3, 0.4) is 0 Å². The third kappa shape index (κ3) is 9.37. The molecule has 0 saturated heterocycles. The maximum atomic E-state index is 10.7. The zero-order chi connectivity index (χ0) is 28.9. The van der Waals surface area contributed by atoms with Crippen LogP contribution in [0.25, 0.3) is 0 Å². The summed E-state index contributed by atoms with van der Waals surface area (Å²) in [6.45, 7) is 4.73. The molecule has 8 heteroatoms. The fourth-order valence-corrected chi connectivity index (χ4v) is 4.67. The first-order chi connectivity index (χ1) is 20.0. The number of anilines is 2. The lowest BCUT2D eigenvalue weighted by atomic mass is 10.0. The Bertz CT molecular complexity index is 1210. The van der Waals surface area contributed by atoms with Crippen LogP contribution < -0.4 is 15.1 Å². The standard InChI is InChI=1S/C33H42N6O2/c1-37(31-12-6-8-18-34-31)20-22-39(23-21-38(2)32-13-7-9-19-35-32)25-28-16-14-27(15-17-28)24-36-30(26-40)33(41)29-10-4-3-5-11-29/h3-19,30,33,36,40-41H,20-26H2,1-2H3/t30-,33+/m1/s1. The predicted octanol–water partition coefficient (Wildman–Crippen LogP) is 3.74. The molecule has 216 valence electrons. The highest BCUT2D eigenvalue weighted by molar-refractivity contribution is 5.37. The van der Waals surface area contributed by atoms with Gasteiger partial charge in [0.2, 0.25) is 0 Å². The van der Waals surface area contributed by atoms with E-state index < -0.39 is 12.1 Å². The largest absolute Gasteiger partial charge is 0.395 e. The summed E-state index contributed by atoms with van der Waals surface area (Å²) in [6.07, 6.45) is 2.88. The molecule has 2 aromatic heterocycles. The molecule has 0 radical (unpaired) electrons. The van der Waals surface area contributed by atoms with Crippen molar-refractivity contribution in [1.29, 1.82) is 0 Å². The van der Waals surface area contributed by atoms with Gasteiger partial charge in [-0.3, -0.25) is 4.90 Å². The number of pyridine rings is 2. The number of benzene rings is 2. The summed E-state index contributed by atoms with van der Waals surface area (Å²) < 4.78 is 0. The smallest absolute Gasteiger partial charge is 0.128 e. The van der Waals surface area contributed by atoms with E-state index in [9.17, 15) is 10.2 Å². The molecule has 8 nitrogen and oxygen atoms in total. The van der Waals surface area contributed by atoms with Crippen molar-refractivity contribution in [2.24, 2.45) is 0 Å². The highest BCUT2D eigenvalue weighted by Gasteiger charge is 2.19. The third-order valence-electron chi connectivity index (χ3n) is 7.30. The Morgan fingerprint density at radius 2 is 1.22 bits per heavy atom. The summed E-state index contributed by atoms with van der Waals surface area (Å²) in [5, 5.41) is 23.9. The van der Waals surface area contributed by atoms with Crippen molar-refractivity contribution in [3.05, 3.63) is 120 Å². The molecular formula is C33H42N6O2. The van der Waals surface area contributed by atoms with E-state index in [0.29, 0.717) is 6.54 Å². The predicted molar refractivity (Wildman–Crippen MR) is 166 cm³/mol. The number of aromatic nitrogens is 2. The topological polar surface area (TPSA) is 88.0 Å². The quantitative estimate of drug-likeness (QED) is 0.193. The normalized spacial score (nSPS) is 12.7.